The molecule has 1 aliphatic rings. The van der Waals surface area contributed by atoms with Crippen molar-refractivity contribution in [3.05, 3.63) is 78.1 Å². The number of hydrogen-bond donors (Lipinski definition) is 0. The fourth-order valence-corrected chi connectivity index (χ4v) is 4.92. The van der Waals surface area contributed by atoms with Crippen LogP contribution in [-0.2, 0) is 16.2 Å². The molecule has 0 atom stereocenters. The minimum absolute atomic E-state index is 0.0167. The summed E-state index contributed by atoms with van der Waals surface area (Å²) in [6, 6.07) is 12.9. The zero-order chi connectivity index (χ0) is 22.9. The largest absolute Gasteiger partial charge is 0.416 e. The van der Waals surface area contributed by atoms with Gasteiger partial charge in [-0.05, 0) is 30.3 Å². The topological polar surface area (TPSA) is 75.5 Å². The van der Waals surface area contributed by atoms with Crippen LogP contribution in [0.25, 0.3) is 5.69 Å². The molecule has 1 amide bonds. The predicted molar refractivity (Wildman–Crippen MR) is 110 cm³/mol. The van der Waals surface area contributed by atoms with Crippen LogP contribution in [0.1, 0.15) is 15.9 Å². The molecule has 11 heteroatoms. The molecular weight excluding hydrogens is 445 g/mol. The fraction of sp³-hybridized carbons (Fsp3) is 0.238. The summed E-state index contributed by atoms with van der Waals surface area (Å²) in [7, 11) is -4.11. The van der Waals surface area contributed by atoms with Gasteiger partial charge in [-0.25, -0.2) is 13.1 Å². The van der Waals surface area contributed by atoms with Crippen LogP contribution in [0.2, 0.25) is 0 Å². The quantitative estimate of drug-likeness (QED) is 0.595. The number of rotatable bonds is 4. The smallest absolute Gasteiger partial charge is 0.336 e. The van der Waals surface area contributed by atoms with Gasteiger partial charge in [0.2, 0.25) is 10.0 Å². The molecule has 0 spiro atoms. The second kappa shape index (κ2) is 8.40. The zero-order valence-corrected chi connectivity index (χ0v) is 17.6. The van der Waals surface area contributed by atoms with Crippen LogP contribution in [0.15, 0.2) is 71.9 Å². The summed E-state index contributed by atoms with van der Waals surface area (Å²) in [5.74, 6) is -0.289. The minimum atomic E-state index is -4.64. The van der Waals surface area contributed by atoms with E-state index in [2.05, 4.69) is 5.10 Å². The molecule has 1 aliphatic heterocycles. The first kappa shape index (κ1) is 22.0. The third-order valence-electron chi connectivity index (χ3n) is 5.18. The molecule has 3 aromatic rings. The standard InChI is InChI=1S/C21H19F3N4O3S/c22-21(23,24)17-5-4-8-19(13-17)32(30,31)27-11-9-26(10-12-27)20(29)16-14-25-28(15-16)18-6-2-1-3-7-18/h1-8,13-15H,9-12H2. The molecule has 32 heavy (non-hydrogen) atoms. The van der Waals surface area contributed by atoms with Crippen molar-refractivity contribution >= 4 is 15.9 Å². The number of para-hydroxylation sites is 1. The van der Waals surface area contributed by atoms with Gasteiger partial charge in [0.15, 0.2) is 0 Å². The lowest BCUT2D eigenvalue weighted by Crippen LogP contribution is -2.50. The maximum atomic E-state index is 13.0. The van der Waals surface area contributed by atoms with Crippen LogP contribution in [0, 0.1) is 0 Å². The van der Waals surface area contributed by atoms with E-state index < -0.39 is 26.7 Å². The molecule has 0 N–H and O–H groups in total. The highest BCUT2D eigenvalue weighted by molar-refractivity contribution is 7.89. The van der Waals surface area contributed by atoms with Crippen molar-refractivity contribution in [2.75, 3.05) is 26.2 Å². The van der Waals surface area contributed by atoms with Crippen LogP contribution in [0.4, 0.5) is 13.2 Å². The Labute approximate surface area is 182 Å². The van der Waals surface area contributed by atoms with E-state index in [0.29, 0.717) is 11.6 Å². The van der Waals surface area contributed by atoms with Gasteiger partial charge in [-0.1, -0.05) is 24.3 Å². The molecule has 0 aliphatic carbocycles. The Kier molecular flexibility index (Phi) is 5.78. The average Bonchev–Trinajstić information content (AvgIpc) is 3.29. The Morgan fingerprint density at radius 2 is 1.62 bits per heavy atom. The van der Waals surface area contributed by atoms with Crippen molar-refractivity contribution in [1.29, 1.82) is 0 Å². The molecular formula is C21H19F3N4O3S. The Bertz CT molecular complexity index is 1220. The summed E-state index contributed by atoms with van der Waals surface area (Å²) in [4.78, 5) is 13.9. The first-order valence-corrected chi connectivity index (χ1v) is 11.2. The molecule has 1 fully saturated rings. The lowest BCUT2D eigenvalue weighted by molar-refractivity contribution is -0.137. The number of carbonyl (C=O) groups is 1. The highest BCUT2D eigenvalue weighted by atomic mass is 32.2. The number of carbonyl (C=O) groups excluding carboxylic acids is 1. The van der Waals surface area contributed by atoms with E-state index in [1.165, 1.54) is 11.1 Å². The fourth-order valence-electron chi connectivity index (χ4n) is 3.45. The predicted octanol–water partition coefficient (Wildman–Crippen LogP) is 3.04. The Hall–Kier alpha value is -3.18. The molecule has 0 radical (unpaired) electrons. The molecule has 7 nitrogen and oxygen atoms in total. The molecule has 2 aromatic carbocycles. The maximum Gasteiger partial charge on any atom is 0.416 e. The Morgan fingerprint density at radius 3 is 2.28 bits per heavy atom. The number of aromatic nitrogens is 2. The van der Waals surface area contributed by atoms with E-state index in [1.54, 1.807) is 10.9 Å². The third-order valence-corrected chi connectivity index (χ3v) is 7.07. The summed E-state index contributed by atoms with van der Waals surface area (Å²) < 4.78 is 67.1. The SMILES string of the molecule is O=C(c1cnn(-c2ccccc2)c1)N1CCN(S(=O)(=O)c2cccc(C(F)(F)F)c2)CC1. The zero-order valence-electron chi connectivity index (χ0n) is 16.7. The number of piperazine rings is 1. The lowest BCUT2D eigenvalue weighted by Gasteiger charge is -2.33. The van der Waals surface area contributed by atoms with Crippen molar-refractivity contribution in [2.45, 2.75) is 11.1 Å². The number of alkyl halides is 3. The van der Waals surface area contributed by atoms with Crippen molar-refractivity contribution < 1.29 is 26.4 Å². The molecule has 2 heterocycles. The summed E-state index contributed by atoms with van der Waals surface area (Å²) in [6.07, 6.45) is -1.59. The van der Waals surface area contributed by atoms with Gasteiger partial charge in [-0.15, -0.1) is 0 Å². The highest BCUT2D eigenvalue weighted by Gasteiger charge is 2.34. The van der Waals surface area contributed by atoms with Crippen LogP contribution in [-0.4, -0.2) is 59.5 Å². The summed E-state index contributed by atoms with van der Waals surface area (Å²) in [6.45, 7) is 0.204. The van der Waals surface area contributed by atoms with Crippen molar-refractivity contribution in [3.63, 3.8) is 0 Å². The van der Waals surface area contributed by atoms with Crippen LogP contribution in [0.5, 0.6) is 0 Å². The van der Waals surface area contributed by atoms with Gasteiger partial charge in [-0.2, -0.15) is 22.6 Å². The van der Waals surface area contributed by atoms with Crippen molar-refractivity contribution in [1.82, 2.24) is 19.0 Å². The van der Waals surface area contributed by atoms with Gasteiger partial charge < -0.3 is 4.90 Å². The second-order valence-corrected chi connectivity index (χ2v) is 9.17. The monoisotopic (exact) mass is 464 g/mol. The van der Waals surface area contributed by atoms with Crippen LogP contribution >= 0.6 is 0 Å². The van der Waals surface area contributed by atoms with E-state index in [0.717, 1.165) is 28.2 Å². The Balaban J connectivity index is 1.44. The molecule has 0 saturated carbocycles. The molecule has 1 aromatic heterocycles. The summed E-state index contributed by atoms with van der Waals surface area (Å²) >= 11 is 0. The third kappa shape index (κ3) is 4.39. The molecule has 1 saturated heterocycles. The van der Waals surface area contributed by atoms with E-state index >= 15 is 0 Å². The summed E-state index contributed by atoms with van der Waals surface area (Å²) in [5.41, 5.74) is 0.134. The molecule has 4 rings (SSSR count). The van der Waals surface area contributed by atoms with E-state index in [9.17, 15) is 26.4 Å². The second-order valence-electron chi connectivity index (χ2n) is 7.23. The molecule has 168 valence electrons. The first-order valence-electron chi connectivity index (χ1n) is 9.73. The number of sulfonamides is 1. The van der Waals surface area contributed by atoms with Gasteiger partial charge >= 0.3 is 6.18 Å². The van der Waals surface area contributed by atoms with Crippen LogP contribution < -0.4 is 0 Å². The van der Waals surface area contributed by atoms with E-state index in [1.807, 2.05) is 30.3 Å². The van der Waals surface area contributed by atoms with Crippen LogP contribution in [0.3, 0.4) is 0 Å². The van der Waals surface area contributed by atoms with Crippen molar-refractivity contribution in [3.8, 4) is 5.69 Å². The van der Waals surface area contributed by atoms with Gasteiger partial charge in [0.1, 0.15) is 0 Å². The number of benzene rings is 2. The number of amides is 1. The van der Waals surface area contributed by atoms with Gasteiger partial charge in [0.05, 0.1) is 27.9 Å². The summed E-state index contributed by atoms with van der Waals surface area (Å²) in [5, 5.41) is 4.20. The number of nitrogens with zero attached hydrogens (tertiary/aromatic N) is 4. The van der Waals surface area contributed by atoms with Crippen molar-refractivity contribution in [2.24, 2.45) is 0 Å². The molecule has 0 bridgehead atoms. The van der Waals surface area contributed by atoms with Gasteiger partial charge in [0, 0.05) is 32.4 Å². The maximum absolute atomic E-state index is 13.0. The number of halogens is 3. The lowest BCUT2D eigenvalue weighted by atomic mass is 10.2. The van der Waals surface area contributed by atoms with E-state index in [-0.39, 0.29) is 32.1 Å². The number of hydrogen-bond acceptors (Lipinski definition) is 4. The average molecular weight is 464 g/mol. The molecule has 0 unspecified atom stereocenters. The highest BCUT2D eigenvalue weighted by Crippen LogP contribution is 2.31. The van der Waals surface area contributed by atoms with Gasteiger partial charge in [-0.3, -0.25) is 4.79 Å². The minimum Gasteiger partial charge on any atom is -0.336 e. The normalized spacial score (nSPS) is 15.7. The first-order chi connectivity index (χ1) is 15.2. The van der Waals surface area contributed by atoms with E-state index in [4.69, 9.17) is 0 Å². The van der Waals surface area contributed by atoms with Gasteiger partial charge in [0.25, 0.3) is 5.91 Å². The Morgan fingerprint density at radius 1 is 0.938 bits per heavy atom.